The number of unbranched alkanes of at least 4 members (excludes halogenated alkanes) is 5. The normalized spacial score (nSPS) is 21.9. The summed E-state index contributed by atoms with van der Waals surface area (Å²) >= 11 is 0. The standard InChI is InChI=1S/C15H24O2/c1-3-5-6-7-8-9-10-13-12-14(13)15(16)17-11-4-2/h2,13-14H,3,5-12H2,1H3. The van der Waals surface area contributed by atoms with Crippen LogP contribution in [-0.2, 0) is 9.53 Å². The van der Waals surface area contributed by atoms with Crippen LogP contribution in [0.15, 0.2) is 0 Å². The van der Waals surface area contributed by atoms with Crippen molar-refractivity contribution >= 4 is 5.97 Å². The summed E-state index contributed by atoms with van der Waals surface area (Å²) in [5.41, 5.74) is 0. The van der Waals surface area contributed by atoms with Gasteiger partial charge in [0.1, 0.15) is 0 Å². The Kier molecular flexibility index (Phi) is 6.77. The van der Waals surface area contributed by atoms with Crippen LogP contribution in [0.25, 0.3) is 0 Å². The van der Waals surface area contributed by atoms with Crippen LogP contribution in [0, 0.1) is 24.2 Å². The van der Waals surface area contributed by atoms with Gasteiger partial charge in [-0.3, -0.25) is 4.79 Å². The first-order valence-corrected chi connectivity index (χ1v) is 6.89. The highest BCUT2D eigenvalue weighted by molar-refractivity contribution is 5.75. The molecule has 0 aromatic carbocycles. The summed E-state index contributed by atoms with van der Waals surface area (Å²) in [5, 5.41) is 0. The van der Waals surface area contributed by atoms with Crippen LogP contribution in [-0.4, -0.2) is 12.6 Å². The van der Waals surface area contributed by atoms with Gasteiger partial charge in [-0.1, -0.05) is 51.4 Å². The van der Waals surface area contributed by atoms with Crippen LogP contribution in [0.5, 0.6) is 0 Å². The van der Waals surface area contributed by atoms with E-state index < -0.39 is 0 Å². The Morgan fingerprint density at radius 3 is 2.71 bits per heavy atom. The van der Waals surface area contributed by atoms with Gasteiger partial charge in [0.25, 0.3) is 0 Å². The third-order valence-corrected chi connectivity index (χ3v) is 3.45. The topological polar surface area (TPSA) is 26.3 Å². The number of carbonyl (C=O) groups is 1. The van der Waals surface area contributed by atoms with Gasteiger partial charge in [0.15, 0.2) is 6.61 Å². The zero-order chi connectivity index (χ0) is 12.5. The minimum atomic E-state index is -0.0843. The van der Waals surface area contributed by atoms with Crippen LogP contribution in [0.1, 0.15) is 58.3 Å². The van der Waals surface area contributed by atoms with E-state index in [-0.39, 0.29) is 18.5 Å². The Bertz CT molecular complexity index is 265. The summed E-state index contributed by atoms with van der Waals surface area (Å²) in [6.07, 6.45) is 15.1. The second kappa shape index (κ2) is 8.17. The Labute approximate surface area is 105 Å². The predicted molar refractivity (Wildman–Crippen MR) is 69.4 cm³/mol. The average Bonchev–Trinajstić information content (AvgIpc) is 3.10. The molecule has 0 aromatic heterocycles. The molecule has 0 N–H and O–H groups in total. The summed E-state index contributed by atoms with van der Waals surface area (Å²) in [6.45, 7) is 2.36. The van der Waals surface area contributed by atoms with Gasteiger partial charge >= 0.3 is 5.97 Å². The lowest BCUT2D eigenvalue weighted by Gasteiger charge is -2.01. The largest absolute Gasteiger partial charge is 0.452 e. The van der Waals surface area contributed by atoms with E-state index in [0.717, 1.165) is 6.42 Å². The van der Waals surface area contributed by atoms with Gasteiger partial charge in [0, 0.05) is 0 Å². The Hall–Kier alpha value is -0.970. The van der Waals surface area contributed by atoms with E-state index in [1.54, 1.807) is 0 Å². The lowest BCUT2D eigenvalue weighted by atomic mass is 10.1. The van der Waals surface area contributed by atoms with E-state index in [1.807, 2.05) is 0 Å². The molecule has 1 aliphatic carbocycles. The van der Waals surface area contributed by atoms with E-state index in [1.165, 1.54) is 44.9 Å². The highest BCUT2D eigenvalue weighted by Gasteiger charge is 2.43. The van der Waals surface area contributed by atoms with Crippen molar-refractivity contribution < 1.29 is 9.53 Å². The number of ether oxygens (including phenoxy) is 1. The number of rotatable bonds is 9. The molecule has 2 nitrogen and oxygen atoms in total. The molecule has 0 heterocycles. The minimum absolute atomic E-state index is 0.0843. The molecule has 2 heteroatoms. The van der Waals surface area contributed by atoms with Crippen molar-refractivity contribution in [2.24, 2.45) is 11.8 Å². The maximum absolute atomic E-state index is 11.4. The molecular formula is C15H24O2. The van der Waals surface area contributed by atoms with Gasteiger partial charge in [-0.25, -0.2) is 0 Å². The first kappa shape index (κ1) is 14.1. The SMILES string of the molecule is C#CCOC(=O)C1CC1CCCCCCCC. The molecule has 2 atom stereocenters. The Balaban J connectivity index is 1.94. The molecule has 1 aliphatic rings. The number of terminal acetylenes is 1. The predicted octanol–water partition coefficient (Wildman–Crippen LogP) is 3.55. The molecule has 0 radical (unpaired) electrons. The van der Waals surface area contributed by atoms with Gasteiger partial charge in [-0.15, -0.1) is 6.42 Å². The molecule has 2 unspecified atom stereocenters. The Morgan fingerprint density at radius 1 is 1.29 bits per heavy atom. The summed E-state index contributed by atoms with van der Waals surface area (Å²) in [4.78, 5) is 11.4. The van der Waals surface area contributed by atoms with Crippen molar-refractivity contribution in [3.8, 4) is 12.3 Å². The fraction of sp³-hybridized carbons (Fsp3) is 0.800. The zero-order valence-electron chi connectivity index (χ0n) is 10.9. The highest BCUT2D eigenvalue weighted by Crippen LogP contribution is 2.43. The van der Waals surface area contributed by atoms with Gasteiger partial charge in [0.05, 0.1) is 5.92 Å². The van der Waals surface area contributed by atoms with Crippen LogP contribution in [0.3, 0.4) is 0 Å². The van der Waals surface area contributed by atoms with Gasteiger partial charge in [0.2, 0.25) is 0 Å². The summed E-state index contributed by atoms with van der Waals surface area (Å²) < 4.78 is 4.93. The number of hydrogen-bond acceptors (Lipinski definition) is 2. The molecule has 0 spiro atoms. The highest BCUT2D eigenvalue weighted by atomic mass is 16.5. The third-order valence-electron chi connectivity index (χ3n) is 3.45. The summed E-state index contributed by atoms with van der Waals surface area (Å²) in [5.74, 6) is 2.97. The number of hydrogen-bond donors (Lipinski definition) is 0. The lowest BCUT2D eigenvalue weighted by molar-refractivity contribution is -0.144. The van der Waals surface area contributed by atoms with E-state index in [2.05, 4.69) is 12.8 Å². The molecular weight excluding hydrogens is 212 g/mol. The number of esters is 1. The molecule has 1 saturated carbocycles. The summed E-state index contributed by atoms with van der Waals surface area (Å²) in [7, 11) is 0. The minimum Gasteiger partial charge on any atom is -0.452 e. The monoisotopic (exact) mass is 236 g/mol. The van der Waals surface area contributed by atoms with E-state index in [9.17, 15) is 4.79 Å². The molecule has 0 aliphatic heterocycles. The van der Waals surface area contributed by atoms with Crippen molar-refractivity contribution in [2.75, 3.05) is 6.61 Å². The maximum Gasteiger partial charge on any atom is 0.310 e. The summed E-state index contributed by atoms with van der Waals surface area (Å²) in [6, 6.07) is 0. The van der Waals surface area contributed by atoms with Gasteiger partial charge in [-0.05, 0) is 18.8 Å². The first-order valence-electron chi connectivity index (χ1n) is 6.89. The second-order valence-corrected chi connectivity index (χ2v) is 4.97. The molecule has 0 bridgehead atoms. The smallest absolute Gasteiger partial charge is 0.310 e. The molecule has 1 fully saturated rings. The lowest BCUT2D eigenvalue weighted by Crippen LogP contribution is -2.08. The quantitative estimate of drug-likeness (QED) is 0.348. The molecule has 96 valence electrons. The maximum atomic E-state index is 11.4. The molecule has 0 aromatic rings. The second-order valence-electron chi connectivity index (χ2n) is 4.97. The Morgan fingerprint density at radius 2 is 2.00 bits per heavy atom. The fourth-order valence-electron chi connectivity index (χ4n) is 2.26. The zero-order valence-corrected chi connectivity index (χ0v) is 10.9. The van der Waals surface area contributed by atoms with Crippen molar-refractivity contribution in [1.29, 1.82) is 0 Å². The fourth-order valence-corrected chi connectivity index (χ4v) is 2.26. The van der Waals surface area contributed by atoms with Crippen LogP contribution in [0.4, 0.5) is 0 Å². The van der Waals surface area contributed by atoms with Crippen molar-refractivity contribution in [3.63, 3.8) is 0 Å². The molecule has 1 rings (SSSR count). The van der Waals surface area contributed by atoms with Gasteiger partial charge < -0.3 is 4.74 Å². The molecule has 0 saturated heterocycles. The first-order chi connectivity index (χ1) is 8.29. The number of carbonyl (C=O) groups excluding carboxylic acids is 1. The van der Waals surface area contributed by atoms with E-state index >= 15 is 0 Å². The van der Waals surface area contributed by atoms with E-state index in [0.29, 0.717) is 5.92 Å². The van der Waals surface area contributed by atoms with Gasteiger partial charge in [-0.2, -0.15) is 0 Å². The van der Waals surface area contributed by atoms with Crippen LogP contribution < -0.4 is 0 Å². The average molecular weight is 236 g/mol. The third kappa shape index (κ3) is 5.77. The van der Waals surface area contributed by atoms with Crippen LogP contribution in [0.2, 0.25) is 0 Å². The van der Waals surface area contributed by atoms with Crippen molar-refractivity contribution in [2.45, 2.75) is 58.3 Å². The molecule has 0 amide bonds. The van der Waals surface area contributed by atoms with E-state index in [4.69, 9.17) is 11.2 Å². The molecule has 17 heavy (non-hydrogen) atoms. The van der Waals surface area contributed by atoms with Crippen molar-refractivity contribution in [1.82, 2.24) is 0 Å². The van der Waals surface area contributed by atoms with Crippen LogP contribution >= 0.6 is 0 Å². The van der Waals surface area contributed by atoms with Crippen molar-refractivity contribution in [3.05, 3.63) is 0 Å².